The first-order chi connectivity index (χ1) is 13.4. The van der Waals surface area contributed by atoms with Crippen molar-refractivity contribution in [1.29, 1.82) is 0 Å². The van der Waals surface area contributed by atoms with Gasteiger partial charge in [-0.15, -0.1) is 0 Å². The highest BCUT2D eigenvalue weighted by molar-refractivity contribution is 5.92. The zero-order valence-corrected chi connectivity index (χ0v) is 16.1. The number of carbonyl (C=O) groups is 1. The average Bonchev–Trinajstić information content (AvgIpc) is 2.71. The molecule has 0 saturated heterocycles. The number of carbonyl (C=O) groups excluding carboxylic acids is 1. The van der Waals surface area contributed by atoms with Crippen LogP contribution in [0, 0.1) is 10.1 Å². The maximum atomic E-state index is 12.3. The maximum Gasteiger partial charge on any atom is 0.271 e. The van der Waals surface area contributed by atoms with Crippen molar-refractivity contribution in [3.63, 3.8) is 0 Å². The number of hydrogen-bond acceptors (Lipinski definition) is 7. The molecule has 2 aromatic carbocycles. The van der Waals surface area contributed by atoms with Crippen LogP contribution >= 0.6 is 0 Å². The van der Waals surface area contributed by atoms with Gasteiger partial charge < -0.3 is 24.3 Å². The molecule has 0 heterocycles. The molecule has 0 atom stereocenters. The van der Waals surface area contributed by atoms with Gasteiger partial charge in [-0.3, -0.25) is 14.9 Å². The second kappa shape index (κ2) is 9.45. The molecular formula is C19H22N2O7. The molecule has 9 heteroatoms. The van der Waals surface area contributed by atoms with Crippen LogP contribution < -0.4 is 24.3 Å². The summed E-state index contributed by atoms with van der Waals surface area (Å²) in [4.78, 5) is 22.7. The normalized spacial score (nSPS) is 10.1. The Morgan fingerprint density at radius 1 is 0.964 bits per heavy atom. The summed E-state index contributed by atoms with van der Waals surface area (Å²) in [5, 5.41) is 13.6. The second-order valence-corrected chi connectivity index (χ2v) is 5.72. The van der Waals surface area contributed by atoms with Crippen molar-refractivity contribution in [2.75, 3.05) is 33.8 Å². The van der Waals surface area contributed by atoms with Gasteiger partial charge in [-0.25, -0.2) is 0 Å². The second-order valence-electron chi connectivity index (χ2n) is 5.72. The van der Waals surface area contributed by atoms with Gasteiger partial charge in [-0.1, -0.05) is 0 Å². The number of methoxy groups -OCH3 is 4. The summed E-state index contributed by atoms with van der Waals surface area (Å²) < 4.78 is 21.0. The number of anilines is 1. The van der Waals surface area contributed by atoms with Gasteiger partial charge in [-0.05, 0) is 30.2 Å². The van der Waals surface area contributed by atoms with Crippen LogP contribution in [0.5, 0.6) is 23.0 Å². The Balaban J connectivity index is 2.13. The highest BCUT2D eigenvalue weighted by Crippen LogP contribution is 2.38. The van der Waals surface area contributed by atoms with E-state index in [-0.39, 0.29) is 23.7 Å². The first-order valence-electron chi connectivity index (χ1n) is 8.34. The van der Waals surface area contributed by atoms with Crippen LogP contribution in [0.1, 0.15) is 12.0 Å². The third-order valence-electron chi connectivity index (χ3n) is 4.03. The fourth-order valence-corrected chi connectivity index (χ4v) is 2.66. The summed E-state index contributed by atoms with van der Waals surface area (Å²) in [5.74, 6) is 1.49. The molecule has 0 aliphatic heterocycles. The zero-order chi connectivity index (χ0) is 20.7. The molecule has 150 valence electrons. The van der Waals surface area contributed by atoms with Gasteiger partial charge in [0.05, 0.1) is 39.0 Å². The first kappa shape index (κ1) is 20.8. The summed E-state index contributed by atoms with van der Waals surface area (Å²) in [7, 11) is 5.97. The van der Waals surface area contributed by atoms with Crippen molar-refractivity contribution in [2.45, 2.75) is 12.8 Å². The number of nitrogens with one attached hydrogen (secondary N) is 1. The minimum atomic E-state index is -0.537. The van der Waals surface area contributed by atoms with Gasteiger partial charge in [0.25, 0.3) is 5.69 Å². The minimum Gasteiger partial charge on any atom is -0.495 e. The van der Waals surface area contributed by atoms with Gasteiger partial charge in [-0.2, -0.15) is 0 Å². The van der Waals surface area contributed by atoms with Crippen molar-refractivity contribution in [1.82, 2.24) is 0 Å². The van der Waals surface area contributed by atoms with E-state index in [1.165, 1.54) is 46.6 Å². The number of nitrogens with zero attached hydrogens (tertiary/aromatic N) is 1. The van der Waals surface area contributed by atoms with Gasteiger partial charge in [0.15, 0.2) is 11.5 Å². The topological polar surface area (TPSA) is 109 Å². The molecule has 0 aliphatic carbocycles. The predicted molar refractivity (Wildman–Crippen MR) is 103 cm³/mol. The van der Waals surface area contributed by atoms with Crippen LogP contribution in [0.3, 0.4) is 0 Å². The van der Waals surface area contributed by atoms with Gasteiger partial charge in [0, 0.05) is 18.6 Å². The summed E-state index contributed by atoms with van der Waals surface area (Å²) in [6, 6.07) is 7.54. The molecule has 0 unspecified atom stereocenters. The van der Waals surface area contributed by atoms with E-state index < -0.39 is 4.92 Å². The molecule has 1 amide bonds. The number of nitro groups is 1. The summed E-state index contributed by atoms with van der Waals surface area (Å²) in [5.41, 5.74) is 0.919. The monoisotopic (exact) mass is 390 g/mol. The van der Waals surface area contributed by atoms with Crippen molar-refractivity contribution in [3.05, 3.63) is 46.0 Å². The van der Waals surface area contributed by atoms with Crippen LogP contribution in [-0.2, 0) is 11.2 Å². The average molecular weight is 390 g/mol. The molecule has 0 radical (unpaired) electrons. The number of rotatable bonds is 9. The Labute approximate surface area is 162 Å². The molecule has 28 heavy (non-hydrogen) atoms. The molecule has 0 saturated carbocycles. The lowest BCUT2D eigenvalue weighted by molar-refractivity contribution is -0.384. The number of hydrogen-bond donors (Lipinski definition) is 1. The molecule has 0 spiro atoms. The van der Waals surface area contributed by atoms with Crippen LogP contribution in [-0.4, -0.2) is 39.3 Å². The Morgan fingerprint density at radius 3 is 2.07 bits per heavy atom. The molecule has 0 bridgehead atoms. The van der Waals surface area contributed by atoms with Gasteiger partial charge >= 0.3 is 0 Å². The summed E-state index contributed by atoms with van der Waals surface area (Å²) in [6.07, 6.45) is 0.546. The quantitative estimate of drug-likeness (QED) is 0.517. The predicted octanol–water partition coefficient (Wildman–Crippen LogP) is 3.20. The van der Waals surface area contributed by atoms with E-state index in [4.69, 9.17) is 18.9 Å². The highest BCUT2D eigenvalue weighted by Gasteiger charge is 2.16. The van der Waals surface area contributed by atoms with E-state index in [1.807, 2.05) is 0 Å². The molecule has 0 aromatic heterocycles. The Morgan fingerprint density at radius 2 is 1.57 bits per heavy atom. The number of benzene rings is 2. The smallest absolute Gasteiger partial charge is 0.271 e. The maximum absolute atomic E-state index is 12.3. The van der Waals surface area contributed by atoms with Crippen molar-refractivity contribution < 1.29 is 28.7 Å². The van der Waals surface area contributed by atoms with Crippen molar-refractivity contribution in [2.24, 2.45) is 0 Å². The van der Waals surface area contributed by atoms with E-state index >= 15 is 0 Å². The van der Waals surface area contributed by atoms with Crippen LogP contribution in [0.25, 0.3) is 0 Å². The number of aryl methyl sites for hydroxylation is 1. The number of amides is 1. The van der Waals surface area contributed by atoms with E-state index in [0.29, 0.717) is 29.4 Å². The standard InChI is InChI=1S/C19H22N2O7/c1-25-15-7-6-13(21(23)24)11-14(15)20-18(22)8-5-12-9-16(26-2)19(28-4)17(10-12)27-3/h6-7,9-11H,5,8H2,1-4H3,(H,20,22). The Hall–Kier alpha value is -3.49. The molecule has 0 aliphatic rings. The fourth-order valence-electron chi connectivity index (χ4n) is 2.66. The number of ether oxygens (including phenoxy) is 4. The third kappa shape index (κ3) is 4.81. The lowest BCUT2D eigenvalue weighted by Gasteiger charge is -2.14. The van der Waals surface area contributed by atoms with E-state index in [0.717, 1.165) is 5.56 Å². The highest BCUT2D eigenvalue weighted by atomic mass is 16.6. The van der Waals surface area contributed by atoms with E-state index in [2.05, 4.69) is 5.32 Å². The molecule has 2 rings (SSSR count). The molecule has 9 nitrogen and oxygen atoms in total. The Bertz CT molecular complexity index is 842. The summed E-state index contributed by atoms with van der Waals surface area (Å²) >= 11 is 0. The molecule has 2 aromatic rings. The summed E-state index contributed by atoms with van der Waals surface area (Å²) in [6.45, 7) is 0. The van der Waals surface area contributed by atoms with Crippen LogP contribution in [0.2, 0.25) is 0 Å². The SMILES string of the molecule is COc1ccc([N+](=O)[O-])cc1NC(=O)CCc1cc(OC)c(OC)c(OC)c1. The first-order valence-corrected chi connectivity index (χ1v) is 8.34. The molecular weight excluding hydrogens is 368 g/mol. The van der Waals surface area contributed by atoms with Crippen molar-refractivity contribution >= 4 is 17.3 Å². The Kier molecular flexibility index (Phi) is 7.02. The molecule has 0 fully saturated rings. The lowest BCUT2D eigenvalue weighted by atomic mass is 10.1. The molecule has 1 N–H and O–H groups in total. The van der Waals surface area contributed by atoms with Crippen LogP contribution in [0.15, 0.2) is 30.3 Å². The minimum absolute atomic E-state index is 0.138. The van der Waals surface area contributed by atoms with E-state index in [1.54, 1.807) is 12.1 Å². The number of nitro benzene ring substituents is 1. The third-order valence-corrected chi connectivity index (χ3v) is 4.03. The van der Waals surface area contributed by atoms with Crippen molar-refractivity contribution in [3.8, 4) is 23.0 Å². The van der Waals surface area contributed by atoms with Gasteiger partial charge in [0.2, 0.25) is 11.7 Å². The van der Waals surface area contributed by atoms with Crippen LogP contribution in [0.4, 0.5) is 11.4 Å². The largest absolute Gasteiger partial charge is 0.495 e. The lowest BCUT2D eigenvalue weighted by Crippen LogP contribution is -2.13. The number of non-ortho nitro benzene ring substituents is 1. The van der Waals surface area contributed by atoms with E-state index in [9.17, 15) is 14.9 Å². The van der Waals surface area contributed by atoms with Gasteiger partial charge in [0.1, 0.15) is 5.75 Å². The zero-order valence-electron chi connectivity index (χ0n) is 16.1. The fraction of sp³-hybridized carbons (Fsp3) is 0.316.